The Morgan fingerprint density at radius 3 is 1.49 bits per heavy atom. The van der Waals surface area contributed by atoms with E-state index in [1.165, 1.54) is 65.7 Å². The zero-order valence-electron chi connectivity index (χ0n) is 27.9. The minimum atomic E-state index is 0.930. The molecule has 0 saturated carbocycles. The van der Waals surface area contributed by atoms with Crippen molar-refractivity contribution in [3.05, 3.63) is 194 Å². The van der Waals surface area contributed by atoms with Gasteiger partial charge in [-0.15, -0.1) is 0 Å². The van der Waals surface area contributed by atoms with Gasteiger partial charge in [-0.2, -0.15) is 0 Å². The summed E-state index contributed by atoms with van der Waals surface area (Å²) < 4.78 is 2.31. The minimum Gasteiger partial charge on any atom is -0.292 e. The molecule has 238 valence electrons. The SMILES string of the molecule is c1ccc(-c2ccc3nc(-c4ccccc4)n(-c4ccc(-c5c6ccccc6c(-c6ccc7ccccc7c6)c6ccccc56)cc4)c3c2)cc1. The number of imidazole rings is 1. The Morgan fingerprint density at radius 1 is 0.333 bits per heavy atom. The zero-order valence-corrected chi connectivity index (χ0v) is 27.9. The highest BCUT2D eigenvalue weighted by molar-refractivity contribution is 6.21. The Balaban J connectivity index is 1.17. The molecule has 0 N–H and O–H groups in total. The Bertz CT molecular complexity index is 2830. The van der Waals surface area contributed by atoms with Gasteiger partial charge in [-0.25, -0.2) is 4.98 Å². The van der Waals surface area contributed by atoms with Gasteiger partial charge in [-0.3, -0.25) is 4.57 Å². The maximum atomic E-state index is 5.18. The molecule has 0 aliphatic heterocycles. The van der Waals surface area contributed by atoms with Gasteiger partial charge < -0.3 is 0 Å². The molecule has 10 rings (SSSR count). The molecule has 2 nitrogen and oxygen atoms in total. The van der Waals surface area contributed by atoms with Crippen molar-refractivity contribution in [2.45, 2.75) is 0 Å². The first-order valence-corrected chi connectivity index (χ1v) is 17.5. The van der Waals surface area contributed by atoms with Crippen LogP contribution < -0.4 is 0 Å². The fourth-order valence-corrected chi connectivity index (χ4v) is 7.80. The monoisotopic (exact) mass is 648 g/mol. The predicted molar refractivity (Wildman–Crippen MR) is 215 cm³/mol. The van der Waals surface area contributed by atoms with Crippen LogP contribution in [0.5, 0.6) is 0 Å². The maximum absolute atomic E-state index is 5.18. The average molecular weight is 649 g/mol. The van der Waals surface area contributed by atoms with E-state index in [4.69, 9.17) is 4.98 Å². The van der Waals surface area contributed by atoms with E-state index in [1.54, 1.807) is 0 Å². The summed E-state index contributed by atoms with van der Waals surface area (Å²) in [7, 11) is 0. The molecule has 1 heterocycles. The summed E-state index contributed by atoms with van der Waals surface area (Å²) >= 11 is 0. The summed E-state index contributed by atoms with van der Waals surface area (Å²) in [6.45, 7) is 0. The van der Waals surface area contributed by atoms with Gasteiger partial charge in [0, 0.05) is 11.3 Å². The van der Waals surface area contributed by atoms with Gasteiger partial charge >= 0.3 is 0 Å². The van der Waals surface area contributed by atoms with Crippen LogP contribution in [0.4, 0.5) is 0 Å². The third-order valence-corrected chi connectivity index (χ3v) is 10.2. The first-order valence-electron chi connectivity index (χ1n) is 17.5. The standard InChI is InChI=1S/C49H32N2/c1-3-13-33(14-4-1)38-27-30-45-46(32-38)51(49(50-45)36-16-5-2-6-17-36)40-28-25-35(26-29-40)47-41-19-9-11-21-43(41)48(44-22-12-10-20-42(44)47)39-24-23-34-15-7-8-18-37(34)31-39/h1-32H. The first-order chi connectivity index (χ1) is 25.3. The molecule has 0 fully saturated rings. The van der Waals surface area contributed by atoms with E-state index in [0.717, 1.165) is 28.1 Å². The van der Waals surface area contributed by atoms with Crippen molar-refractivity contribution in [3.63, 3.8) is 0 Å². The van der Waals surface area contributed by atoms with Crippen LogP contribution in [-0.4, -0.2) is 9.55 Å². The maximum Gasteiger partial charge on any atom is 0.145 e. The van der Waals surface area contributed by atoms with Gasteiger partial charge in [-0.1, -0.05) is 164 Å². The van der Waals surface area contributed by atoms with Crippen LogP contribution in [0.2, 0.25) is 0 Å². The second kappa shape index (κ2) is 12.0. The highest BCUT2D eigenvalue weighted by atomic mass is 15.1. The first kappa shape index (κ1) is 29.2. The quantitative estimate of drug-likeness (QED) is 0.170. The number of hydrogen-bond donors (Lipinski definition) is 0. The molecule has 0 spiro atoms. The van der Waals surface area contributed by atoms with Crippen molar-refractivity contribution in [2.75, 3.05) is 0 Å². The van der Waals surface area contributed by atoms with Crippen molar-refractivity contribution in [1.29, 1.82) is 0 Å². The summed E-state index contributed by atoms with van der Waals surface area (Å²) in [5.41, 5.74) is 11.5. The Hall–Kier alpha value is -6.77. The second-order valence-corrected chi connectivity index (χ2v) is 13.2. The molecule has 0 bridgehead atoms. The van der Waals surface area contributed by atoms with Crippen LogP contribution in [0.1, 0.15) is 0 Å². The molecular formula is C49H32N2. The van der Waals surface area contributed by atoms with Crippen LogP contribution in [0.3, 0.4) is 0 Å². The lowest BCUT2D eigenvalue weighted by atomic mass is 9.85. The largest absolute Gasteiger partial charge is 0.292 e. The van der Waals surface area contributed by atoms with Gasteiger partial charge in [0.15, 0.2) is 0 Å². The number of benzene rings is 9. The number of hydrogen-bond acceptors (Lipinski definition) is 1. The summed E-state index contributed by atoms with van der Waals surface area (Å²) in [5.74, 6) is 0.930. The van der Waals surface area contributed by atoms with Crippen LogP contribution in [0.15, 0.2) is 194 Å². The van der Waals surface area contributed by atoms with Crippen LogP contribution >= 0.6 is 0 Å². The van der Waals surface area contributed by atoms with Crippen molar-refractivity contribution < 1.29 is 0 Å². The zero-order chi connectivity index (χ0) is 33.7. The lowest BCUT2D eigenvalue weighted by molar-refractivity contribution is 1.10. The topological polar surface area (TPSA) is 17.8 Å². The molecule has 0 radical (unpaired) electrons. The molecular weight excluding hydrogens is 617 g/mol. The number of rotatable bonds is 5. The van der Waals surface area contributed by atoms with Crippen LogP contribution in [0, 0.1) is 0 Å². The molecule has 0 atom stereocenters. The molecule has 0 saturated heterocycles. The van der Waals surface area contributed by atoms with Gasteiger partial charge in [0.05, 0.1) is 11.0 Å². The highest BCUT2D eigenvalue weighted by Gasteiger charge is 2.19. The molecule has 0 aliphatic carbocycles. The number of fused-ring (bicyclic) bond motifs is 4. The summed E-state index contributed by atoms with van der Waals surface area (Å²) in [4.78, 5) is 5.18. The molecule has 2 heteroatoms. The molecule has 0 amide bonds. The van der Waals surface area contributed by atoms with E-state index in [2.05, 4.69) is 199 Å². The van der Waals surface area contributed by atoms with E-state index in [0.29, 0.717) is 0 Å². The van der Waals surface area contributed by atoms with Crippen molar-refractivity contribution >= 4 is 43.4 Å². The Morgan fingerprint density at radius 2 is 0.843 bits per heavy atom. The Labute approximate surface area is 296 Å². The fraction of sp³-hybridized carbons (Fsp3) is 0. The summed E-state index contributed by atoms with van der Waals surface area (Å²) in [6, 6.07) is 69.9. The predicted octanol–water partition coefficient (Wildman–Crippen LogP) is 13.2. The van der Waals surface area contributed by atoms with Crippen LogP contribution in [0.25, 0.3) is 93.8 Å². The summed E-state index contributed by atoms with van der Waals surface area (Å²) in [6.07, 6.45) is 0. The number of nitrogens with zero attached hydrogens (tertiary/aromatic N) is 2. The van der Waals surface area contributed by atoms with E-state index in [-0.39, 0.29) is 0 Å². The lowest BCUT2D eigenvalue weighted by Gasteiger charge is -2.18. The van der Waals surface area contributed by atoms with Gasteiger partial charge in [0.25, 0.3) is 0 Å². The third kappa shape index (κ3) is 4.92. The van der Waals surface area contributed by atoms with E-state index < -0.39 is 0 Å². The molecule has 10 aromatic rings. The third-order valence-electron chi connectivity index (χ3n) is 10.2. The molecule has 51 heavy (non-hydrogen) atoms. The van der Waals surface area contributed by atoms with Gasteiger partial charge in [0.1, 0.15) is 5.82 Å². The van der Waals surface area contributed by atoms with Gasteiger partial charge in [0.2, 0.25) is 0 Å². The van der Waals surface area contributed by atoms with Crippen molar-refractivity contribution in [1.82, 2.24) is 9.55 Å². The Kier molecular flexibility index (Phi) is 6.85. The van der Waals surface area contributed by atoms with E-state index >= 15 is 0 Å². The number of aromatic nitrogens is 2. The molecule has 0 aliphatic rings. The molecule has 1 aromatic heterocycles. The van der Waals surface area contributed by atoms with E-state index in [1.807, 2.05) is 0 Å². The summed E-state index contributed by atoms with van der Waals surface area (Å²) in [5, 5.41) is 7.51. The molecule has 0 unspecified atom stereocenters. The minimum absolute atomic E-state index is 0.930. The smallest absolute Gasteiger partial charge is 0.145 e. The van der Waals surface area contributed by atoms with Crippen molar-refractivity contribution in [3.8, 4) is 50.5 Å². The average Bonchev–Trinajstić information content (AvgIpc) is 3.59. The second-order valence-electron chi connectivity index (χ2n) is 13.2. The van der Waals surface area contributed by atoms with Crippen molar-refractivity contribution in [2.24, 2.45) is 0 Å². The van der Waals surface area contributed by atoms with E-state index in [9.17, 15) is 0 Å². The lowest BCUT2D eigenvalue weighted by Crippen LogP contribution is -1.98. The van der Waals surface area contributed by atoms with Gasteiger partial charge in [-0.05, 0) is 96.0 Å². The van der Waals surface area contributed by atoms with Crippen LogP contribution in [-0.2, 0) is 0 Å². The highest BCUT2D eigenvalue weighted by Crippen LogP contribution is 2.44. The molecule has 9 aromatic carbocycles. The fourth-order valence-electron chi connectivity index (χ4n) is 7.80. The normalized spacial score (nSPS) is 11.5.